The van der Waals surface area contributed by atoms with Crippen LogP contribution < -0.4 is 10.1 Å². The van der Waals surface area contributed by atoms with Gasteiger partial charge in [-0.15, -0.1) is 0 Å². The van der Waals surface area contributed by atoms with Crippen LogP contribution in [0, 0.1) is 0 Å². The molecule has 7 heteroatoms. The van der Waals surface area contributed by atoms with Gasteiger partial charge in [0, 0.05) is 35.6 Å². The van der Waals surface area contributed by atoms with Gasteiger partial charge in [0.2, 0.25) is 5.91 Å². The predicted octanol–water partition coefficient (Wildman–Crippen LogP) is 3.35. The van der Waals surface area contributed by atoms with Crippen molar-refractivity contribution in [2.75, 3.05) is 7.11 Å². The smallest absolute Gasteiger partial charge is 0.220 e. The lowest BCUT2D eigenvalue weighted by atomic mass is 9.93. The summed E-state index contributed by atoms with van der Waals surface area (Å²) in [5.41, 5.74) is 2.76. The van der Waals surface area contributed by atoms with Gasteiger partial charge in [-0.1, -0.05) is 15.9 Å². The van der Waals surface area contributed by atoms with Gasteiger partial charge >= 0.3 is 0 Å². The van der Waals surface area contributed by atoms with E-state index in [-0.39, 0.29) is 30.6 Å². The molecule has 0 radical (unpaired) electrons. The van der Waals surface area contributed by atoms with Crippen LogP contribution in [0.3, 0.4) is 0 Å². The van der Waals surface area contributed by atoms with Crippen LogP contribution in [-0.2, 0) is 18.3 Å². The zero-order valence-corrected chi connectivity index (χ0v) is 16.5. The fourth-order valence-electron chi connectivity index (χ4n) is 3.38. The molecule has 0 saturated heterocycles. The lowest BCUT2D eigenvalue weighted by Gasteiger charge is -2.23. The second-order valence-corrected chi connectivity index (χ2v) is 7.37. The number of aromatic nitrogens is 2. The summed E-state index contributed by atoms with van der Waals surface area (Å²) in [4.78, 5) is 24.8. The summed E-state index contributed by atoms with van der Waals surface area (Å²) >= 11 is 3.36. The molecule has 26 heavy (non-hydrogen) atoms. The number of ether oxygens (including phenoxy) is 1. The minimum atomic E-state index is -0.117. The Morgan fingerprint density at radius 1 is 1.38 bits per heavy atom. The standard InChI is InChI=1S/C19H22BrN3O3/c1-23-16-5-3-4-15(14(16)11-21-23)22-19(25)9-7-17(24)13-10-12(20)6-8-18(13)26-2/h6,8,10-11,15H,3-5,7,9H2,1-2H3,(H,22,25)/t15-/m0/s1. The Kier molecular flexibility index (Phi) is 5.76. The average molecular weight is 420 g/mol. The maximum absolute atomic E-state index is 12.5. The summed E-state index contributed by atoms with van der Waals surface area (Å²) < 4.78 is 7.91. The normalized spacial score (nSPS) is 16.0. The Morgan fingerprint density at radius 3 is 2.96 bits per heavy atom. The van der Waals surface area contributed by atoms with Crippen molar-refractivity contribution in [1.29, 1.82) is 0 Å². The number of carbonyl (C=O) groups excluding carboxylic acids is 2. The summed E-state index contributed by atoms with van der Waals surface area (Å²) in [5, 5.41) is 7.34. The van der Waals surface area contributed by atoms with E-state index >= 15 is 0 Å². The molecule has 1 aliphatic rings. The minimum absolute atomic E-state index is 0.0181. The second kappa shape index (κ2) is 8.03. The van der Waals surface area contributed by atoms with Crippen molar-refractivity contribution in [3.63, 3.8) is 0 Å². The van der Waals surface area contributed by atoms with Gasteiger partial charge in [0.1, 0.15) is 5.75 Å². The molecule has 1 aromatic carbocycles. The molecule has 0 fully saturated rings. The summed E-state index contributed by atoms with van der Waals surface area (Å²) in [7, 11) is 3.45. The first-order valence-corrected chi connectivity index (χ1v) is 9.45. The highest BCUT2D eigenvalue weighted by molar-refractivity contribution is 9.10. The molecular formula is C19H22BrN3O3. The number of halogens is 1. The van der Waals surface area contributed by atoms with Crippen LogP contribution in [0.5, 0.6) is 5.75 Å². The van der Waals surface area contributed by atoms with E-state index in [1.54, 1.807) is 12.1 Å². The Bertz CT molecular complexity index is 831. The largest absolute Gasteiger partial charge is 0.496 e. The topological polar surface area (TPSA) is 73.2 Å². The lowest BCUT2D eigenvalue weighted by molar-refractivity contribution is -0.121. The summed E-state index contributed by atoms with van der Waals surface area (Å²) in [6.07, 6.45) is 5.03. The van der Waals surface area contributed by atoms with Crippen LogP contribution in [-0.4, -0.2) is 28.6 Å². The van der Waals surface area contributed by atoms with Crippen LogP contribution in [0.2, 0.25) is 0 Å². The summed E-state index contributed by atoms with van der Waals surface area (Å²) in [5.74, 6) is 0.295. The number of nitrogens with one attached hydrogen (secondary N) is 1. The zero-order valence-electron chi connectivity index (χ0n) is 14.9. The number of aryl methyl sites for hydroxylation is 1. The van der Waals surface area contributed by atoms with E-state index < -0.39 is 0 Å². The van der Waals surface area contributed by atoms with Crippen molar-refractivity contribution in [3.05, 3.63) is 45.7 Å². The molecule has 1 heterocycles. The Morgan fingerprint density at radius 2 is 2.19 bits per heavy atom. The highest BCUT2D eigenvalue weighted by Crippen LogP contribution is 2.29. The molecule has 2 aromatic rings. The number of carbonyl (C=O) groups is 2. The number of hydrogen-bond acceptors (Lipinski definition) is 4. The quantitative estimate of drug-likeness (QED) is 0.728. The Balaban J connectivity index is 1.60. The molecular weight excluding hydrogens is 398 g/mol. The van der Waals surface area contributed by atoms with Crippen LogP contribution in [0.25, 0.3) is 0 Å². The van der Waals surface area contributed by atoms with E-state index in [9.17, 15) is 9.59 Å². The van der Waals surface area contributed by atoms with Crippen LogP contribution in [0.15, 0.2) is 28.9 Å². The molecule has 138 valence electrons. The first-order chi connectivity index (χ1) is 12.5. The number of hydrogen-bond donors (Lipinski definition) is 1. The number of benzene rings is 1. The fraction of sp³-hybridized carbons (Fsp3) is 0.421. The number of methoxy groups -OCH3 is 1. The summed E-state index contributed by atoms with van der Waals surface area (Å²) in [6.45, 7) is 0. The molecule has 1 aromatic heterocycles. The van der Waals surface area contributed by atoms with E-state index in [0.717, 1.165) is 29.3 Å². The average Bonchev–Trinajstić information content (AvgIpc) is 3.02. The molecule has 0 bridgehead atoms. The maximum Gasteiger partial charge on any atom is 0.220 e. The number of rotatable bonds is 6. The molecule has 0 saturated carbocycles. The van der Waals surface area contributed by atoms with E-state index in [1.807, 2.05) is 24.0 Å². The van der Waals surface area contributed by atoms with E-state index in [0.29, 0.717) is 11.3 Å². The Labute approximate surface area is 161 Å². The van der Waals surface area contributed by atoms with Crippen LogP contribution in [0.4, 0.5) is 0 Å². The van der Waals surface area contributed by atoms with Crippen molar-refractivity contribution in [3.8, 4) is 5.75 Å². The number of fused-ring (bicyclic) bond motifs is 1. The SMILES string of the molecule is COc1ccc(Br)cc1C(=O)CCC(=O)N[C@H]1CCCc2c1cnn2C. The number of nitrogens with zero attached hydrogens (tertiary/aromatic N) is 2. The van der Waals surface area contributed by atoms with Gasteiger partial charge in [-0.25, -0.2) is 0 Å². The van der Waals surface area contributed by atoms with Gasteiger partial charge in [-0.3, -0.25) is 14.3 Å². The monoisotopic (exact) mass is 419 g/mol. The third kappa shape index (κ3) is 3.98. The van der Waals surface area contributed by atoms with Crippen LogP contribution >= 0.6 is 15.9 Å². The highest BCUT2D eigenvalue weighted by Gasteiger charge is 2.25. The molecule has 0 unspecified atom stereocenters. The highest BCUT2D eigenvalue weighted by atomic mass is 79.9. The first kappa shape index (κ1) is 18.6. The predicted molar refractivity (Wildman–Crippen MR) is 101 cm³/mol. The molecule has 1 atom stereocenters. The van der Waals surface area contributed by atoms with Gasteiger partial charge in [0.05, 0.1) is 24.9 Å². The second-order valence-electron chi connectivity index (χ2n) is 6.45. The van der Waals surface area contributed by atoms with Crippen molar-refractivity contribution in [2.45, 2.75) is 38.1 Å². The zero-order chi connectivity index (χ0) is 18.7. The molecule has 6 nitrogen and oxygen atoms in total. The van der Waals surface area contributed by atoms with Gasteiger partial charge < -0.3 is 10.1 Å². The van der Waals surface area contributed by atoms with Crippen LogP contribution in [0.1, 0.15) is 53.3 Å². The van der Waals surface area contributed by atoms with Crippen molar-refractivity contribution in [2.24, 2.45) is 7.05 Å². The van der Waals surface area contributed by atoms with E-state index in [1.165, 1.54) is 12.8 Å². The van der Waals surface area contributed by atoms with E-state index in [4.69, 9.17) is 4.74 Å². The van der Waals surface area contributed by atoms with Crippen molar-refractivity contribution in [1.82, 2.24) is 15.1 Å². The lowest BCUT2D eigenvalue weighted by Crippen LogP contribution is -2.31. The van der Waals surface area contributed by atoms with Gasteiger partial charge in [0.25, 0.3) is 0 Å². The van der Waals surface area contributed by atoms with E-state index in [2.05, 4.69) is 26.3 Å². The molecule has 0 aliphatic heterocycles. The number of Topliss-reactive ketones (excluding diaryl/α,β-unsaturated/α-hetero) is 1. The first-order valence-electron chi connectivity index (χ1n) is 8.66. The molecule has 1 amide bonds. The third-order valence-electron chi connectivity index (χ3n) is 4.75. The fourth-order valence-corrected chi connectivity index (χ4v) is 3.74. The van der Waals surface area contributed by atoms with Gasteiger partial charge in [-0.05, 0) is 37.5 Å². The minimum Gasteiger partial charge on any atom is -0.496 e. The number of ketones is 1. The number of amides is 1. The maximum atomic E-state index is 12.5. The molecule has 1 aliphatic carbocycles. The molecule has 0 spiro atoms. The van der Waals surface area contributed by atoms with Crippen molar-refractivity contribution >= 4 is 27.6 Å². The summed E-state index contributed by atoms with van der Waals surface area (Å²) in [6, 6.07) is 5.26. The molecule has 3 rings (SSSR count). The van der Waals surface area contributed by atoms with Gasteiger partial charge in [-0.2, -0.15) is 5.10 Å². The molecule has 1 N–H and O–H groups in total. The Hall–Kier alpha value is -2.15. The van der Waals surface area contributed by atoms with Crippen molar-refractivity contribution < 1.29 is 14.3 Å². The third-order valence-corrected chi connectivity index (χ3v) is 5.25. The van der Waals surface area contributed by atoms with Gasteiger partial charge in [0.15, 0.2) is 5.78 Å².